The van der Waals surface area contributed by atoms with Gasteiger partial charge >= 0.3 is 0 Å². The van der Waals surface area contributed by atoms with Gasteiger partial charge in [0.1, 0.15) is 17.6 Å². The molecular weight excluding hydrogens is 507 g/mol. The van der Waals surface area contributed by atoms with Crippen LogP contribution in [-0.2, 0) is 6.42 Å². The minimum atomic E-state index is 0.582. The number of alkyl halides is 1. The zero-order chi connectivity index (χ0) is 21.2. The van der Waals surface area contributed by atoms with E-state index in [2.05, 4.69) is 47.7 Å². The Kier molecular flexibility index (Phi) is 8.97. The largest absolute Gasteiger partial charge is 0.494 e. The zero-order valence-electron chi connectivity index (χ0n) is 17.1. The molecule has 0 aliphatic heterocycles. The van der Waals surface area contributed by atoms with Gasteiger partial charge in [-0.3, -0.25) is 0 Å². The molecule has 0 N–H and O–H groups in total. The molecule has 30 heavy (non-hydrogen) atoms. The van der Waals surface area contributed by atoms with E-state index in [1.807, 2.05) is 30.3 Å². The number of hydrogen-bond donors (Lipinski definition) is 0. The van der Waals surface area contributed by atoms with Crippen molar-refractivity contribution in [1.29, 1.82) is 5.26 Å². The Hall–Kier alpha value is -2.11. The summed E-state index contributed by atoms with van der Waals surface area (Å²) in [6.45, 7) is 3.36. The van der Waals surface area contributed by atoms with Gasteiger partial charge in [0.15, 0.2) is 0 Å². The highest BCUT2D eigenvalue weighted by Gasteiger charge is 2.11. The van der Waals surface area contributed by atoms with Crippen molar-refractivity contribution in [2.24, 2.45) is 0 Å². The van der Waals surface area contributed by atoms with Crippen LogP contribution < -0.4 is 9.47 Å². The van der Waals surface area contributed by atoms with E-state index >= 15 is 0 Å². The van der Waals surface area contributed by atoms with Crippen LogP contribution in [0, 0.1) is 18.3 Å². The lowest BCUT2D eigenvalue weighted by Crippen LogP contribution is -2.01. The number of halogens is 1. The predicted molar refractivity (Wildman–Crippen MR) is 131 cm³/mol. The maximum Gasteiger partial charge on any atom is 0.137 e. The molecule has 0 atom stereocenters. The zero-order valence-corrected chi connectivity index (χ0v) is 20.0. The van der Waals surface area contributed by atoms with Crippen molar-refractivity contribution in [3.63, 3.8) is 0 Å². The summed E-state index contributed by atoms with van der Waals surface area (Å²) in [5, 5.41) is 10.2. The maximum absolute atomic E-state index is 9.07. The van der Waals surface area contributed by atoms with Crippen LogP contribution >= 0.6 is 33.9 Å². The molecule has 0 bridgehead atoms. The molecule has 0 spiro atoms. The van der Waals surface area contributed by atoms with Crippen LogP contribution in [0.25, 0.3) is 11.3 Å². The first-order chi connectivity index (χ1) is 14.7. The second kappa shape index (κ2) is 11.9. The number of thiazole rings is 1. The number of rotatable bonds is 11. The number of para-hydroxylation sites is 1. The second-order valence-electron chi connectivity index (χ2n) is 6.83. The van der Waals surface area contributed by atoms with Crippen LogP contribution in [0.15, 0.2) is 48.5 Å². The topological polar surface area (TPSA) is 55.1 Å². The van der Waals surface area contributed by atoms with Gasteiger partial charge in [0.25, 0.3) is 0 Å². The summed E-state index contributed by atoms with van der Waals surface area (Å²) in [4.78, 5) is 6.07. The van der Waals surface area contributed by atoms with Crippen LogP contribution in [0.2, 0.25) is 0 Å². The van der Waals surface area contributed by atoms with Gasteiger partial charge in [-0.2, -0.15) is 5.26 Å². The average Bonchev–Trinajstić information content (AvgIpc) is 3.14. The highest BCUT2D eigenvalue weighted by atomic mass is 127. The molecule has 3 rings (SSSR count). The number of aryl methyl sites for hydroxylation is 2. The van der Waals surface area contributed by atoms with E-state index in [0.29, 0.717) is 24.5 Å². The molecule has 4 nitrogen and oxygen atoms in total. The summed E-state index contributed by atoms with van der Waals surface area (Å²) < 4.78 is 12.7. The lowest BCUT2D eigenvalue weighted by Gasteiger charge is -2.09. The summed E-state index contributed by atoms with van der Waals surface area (Å²) in [6.07, 6.45) is 3.98. The van der Waals surface area contributed by atoms with Gasteiger partial charge in [0.05, 0.1) is 29.5 Å². The molecular formula is C24H25IN2O2S. The summed E-state index contributed by atoms with van der Waals surface area (Å²) in [6, 6.07) is 17.7. The molecule has 0 saturated carbocycles. The fourth-order valence-electron chi connectivity index (χ4n) is 3.10. The summed E-state index contributed by atoms with van der Waals surface area (Å²) in [5.74, 6) is 1.55. The van der Waals surface area contributed by atoms with Crippen LogP contribution in [0.4, 0.5) is 0 Å². The predicted octanol–water partition coefficient (Wildman–Crippen LogP) is 6.60. The number of benzene rings is 2. The lowest BCUT2D eigenvalue weighted by atomic mass is 10.1. The Morgan fingerprint density at radius 3 is 2.47 bits per heavy atom. The van der Waals surface area contributed by atoms with E-state index in [1.54, 1.807) is 17.4 Å². The molecule has 0 aliphatic carbocycles. The highest BCUT2D eigenvalue weighted by Crippen LogP contribution is 2.30. The number of nitriles is 1. The molecule has 0 aliphatic rings. The second-order valence-corrected chi connectivity index (χ2v) is 9.20. The molecule has 3 aromatic rings. The standard InChI is InChI=1S/C24H25IN2O2S/c1-18-27-24(23(30-18)13-14-25)19-9-11-21(12-10-19)28-15-5-2-6-16-29-22-8-4-3-7-20(22)17-26/h3-4,7-12H,2,5-6,13-16H2,1H3. The Labute approximate surface area is 196 Å². The number of aromatic nitrogens is 1. The van der Waals surface area contributed by atoms with Gasteiger partial charge in [0, 0.05) is 14.9 Å². The maximum atomic E-state index is 9.07. The van der Waals surface area contributed by atoms with Gasteiger partial charge < -0.3 is 9.47 Å². The van der Waals surface area contributed by atoms with Crippen molar-refractivity contribution in [3.8, 4) is 28.8 Å². The van der Waals surface area contributed by atoms with E-state index in [1.165, 1.54) is 4.88 Å². The summed E-state index contributed by atoms with van der Waals surface area (Å²) in [7, 11) is 0. The number of ether oxygens (including phenoxy) is 2. The third-order valence-corrected chi connectivity index (χ3v) is 6.15. The van der Waals surface area contributed by atoms with Gasteiger partial charge in [-0.15, -0.1) is 11.3 Å². The van der Waals surface area contributed by atoms with Crippen molar-refractivity contribution in [1.82, 2.24) is 4.98 Å². The Balaban J connectivity index is 1.38. The normalized spacial score (nSPS) is 10.6. The van der Waals surface area contributed by atoms with E-state index in [0.717, 1.165) is 52.1 Å². The van der Waals surface area contributed by atoms with Crippen LogP contribution in [-0.4, -0.2) is 22.6 Å². The first-order valence-corrected chi connectivity index (χ1v) is 12.4. The molecule has 0 saturated heterocycles. The lowest BCUT2D eigenvalue weighted by molar-refractivity contribution is 0.279. The molecule has 1 heterocycles. The molecule has 0 radical (unpaired) electrons. The third-order valence-electron chi connectivity index (χ3n) is 4.58. The van der Waals surface area contributed by atoms with Crippen LogP contribution in [0.5, 0.6) is 11.5 Å². The summed E-state index contributed by atoms with van der Waals surface area (Å²) >= 11 is 4.20. The first-order valence-electron chi connectivity index (χ1n) is 10.1. The molecule has 0 fully saturated rings. The minimum Gasteiger partial charge on any atom is -0.494 e. The van der Waals surface area contributed by atoms with Gasteiger partial charge in [0.2, 0.25) is 0 Å². The number of nitrogens with zero attached hydrogens (tertiary/aromatic N) is 2. The van der Waals surface area contributed by atoms with E-state index in [4.69, 9.17) is 19.7 Å². The smallest absolute Gasteiger partial charge is 0.137 e. The van der Waals surface area contributed by atoms with Crippen LogP contribution in [0.1, 0.15) is 34.7 Å². The van der Waals surface area contributed by atoms with Crippen molar-refractivity contribution in [2.75, 3.05) is 17.6 Å². The first kappa shape index (κ1) is 22.6. The Morgan fingerprint density at radius 2 is 1.73 bits per heavy atom. The third kappa shape index (κ3) is 6.44. The molecule has 6 heteroatoms. The van der Waals surface area contributed by atoms with E-state index < -0.39 is 0 Å². The summed E-state index contributed by atoms with van der Waals surface area (Å²) in [5.41, 5.74) is 2.85. The fraction of sp³-hybridized carbons (Fsp3) is 0.333. The molecule has 0 amide bonds. The monoisotopic (exact) mass is 532 g/mol. The van der Waals surface area contributed by atoms with Gasteiger partial charge in [-0.1, -0.05) is 34.7 Å². The van der Waals surface area contributed by atoms with Gasteiger partial charge in [-0.25, -0.2) is 4.98 Å². The quantitative estimate of drug-likeness (QED) is 0.159. The Bertz CT molecular complexity index is 980. The molecule has 1 aromatic heterocycles. The number of hydrogen-bond acceptors (Lipinski definition) is 5. The van der Waals surface area contributed by atoms with Crippen molar-refractivity contribution in [2.45, 2.75) is 32.6 Å². The van der Waals surface area contributed by atoms with E-state index in [9.17, 15) is 0 Å². The number of unbranched alkanes of at least 4 members (excludes halogenated alkanes) is 2. The molecule has 2 aromatic carbocycles. The Morgan fingerprint density at radius 1 is 1.00 bits per heavy atom. The molecule has 0 unspecified atom stereocenters. The van der Waals surface area contributed by atoms with Crippen molar-refractivity contribution >= 4 is 33.9 Å². The SMILES string of the molecule is Cc1nc(-c2ccc(OCCCCCOc3ccccc3C#N)cc2)c(CCI)s1. The van der Waals surface area contributed by atoms with Crippen molar-refractivity contribution < 1.29 is 9.47 Å². The highest BCUT2D eigenvalue weighted by molar-refractivity contribution is 14.1. The fourth-order valence-corrected chi connectivity index (χ4v) is 4.96. The van der Waals surface area contributed by atoms with Crippen molar-refractivity contribution in [3.05, 3.63) is 64.0 Å². The van der Waals surface area contributed by atoms with Crippen LogP contribution in [0.3, 0.4) is 0 Å². The average molecular weight is 532 g/mol. The van der Waals surface area contributed by atoms with E-state index in [-0.39, 0.29) is 0 Å². The molecule has 156 valence electrons. The van der Waals surface area contributed by atoms with Gasteiger partial charge in [-0.05, 0) is 69.0 Å². The minimum absolute atomic E-state index is 0.582.